The fourth-order valence-corrected chi connectivity index (χ4v) is 3.90. The first-order valence-electron chi connectivity index (χ1n) is 9.17. The van der Waals surface area contributed by atoms with Gasteiger partial charge in [-0.2, -0.15) is 0 Å². The Kier molecular flexibility index (Phi) is 7.17. The highest BCUT2D eigenvalue weighted by molar-refractivity contribution is 7.15. The second kappa shape index (κ2) is 10.0. The van der Waals surface area contributed by atoms with Crippen LogP contribution in [0.3, 0.4) is 0 Å². The minimum absolute atomic E-state index is 0.111. The summed E-state index contributed by atoms with van der Waals surface area (Å²) in [5.74, 6) is -1.10. The average molecular weight is 457 g/mol. The number of hydrogen-bond donors (Lipinski definition) is 1. The molecule has 7 nitrogen and oxygen atoms in total. The van der Waals surface area contributed by atoms with Gasteiger partial charge in [-0.05, 0) is 36.8 Å². The molecule has 1 heterocycles. The van der Waals surface area contributed by atoms with Gasteiger partial charge in [-0.15, -0.1) is 11.3 Å². The molecule has 9 heteroatoms. The Hall–Kier alpha value is -3.49. The summed E-state index contributed by atoms with van der Waals surface area (Å²) >= 11 is 7.12. The zero-order valence-electron chi connectivity index (χ0n) is 16.3. The molecule has 0 spiro atoms. The fraction of sp³-hybridized carbons (Fsp3) is 0.0909. The number of halogens is 1. The van der Waals surface area contributed by atoms with Crippen LogP contribution in [0, 0.1) is 10.1 Å². The average Bonchev–Trinajstić information content (AvgIpc) is 3.16. The Morgan fingerprint density at radius 1 is 1.19 bits per heavy atom. The van der Waals surface area contributed by atoms with Crippen LogP contribution in [0.5, 0.6) is 0 Å². The van der Waals surface area contributed by atoms with E-state index in [-0.39, 0.29) is 17.9 Å². The summed E-state index contributed by atoms with van der Waals surface area (Å²) in [7, 11) is 0. The SMILES string of the molecule is CCOC(=O)c1c(-c2ccc(Cl)cc2)csc1NC(=O)C=Cc1ccccc1[N+](=O)[O-]. The molecule has 0 atom stereocenters. The van der Waals surface area contributed by atoms with Gasteiger partial charge in [0, 0.05) is 28.1 Å². The molecule has 3 aromatic rings. The van der Waals surface area contributed by atoms with Crippen LogP contribution in [0.4, 0.5) is 10.7 Å². The number of benzene rings is 2. The van der Waals surface area contributed by atoms with E-state index in [4.69, 9.17) is 16.3 Å². The number of nitro groups is 1. The maximum Gasteiger partial charge on any atom is 0.341 e. The van der Waals surface area contributed by atoms with Gasteiger partial charge in [-0.1, -0.05) is 35.9 Å². The lowest BCUT2D eigenvalue weighted by Gasteiger charge is -2.08. The molecule has 158 valence electrons. The monoisotopic (exact) mass is 456 g/mol. The van der Waals surface area contributed by atoms with Crippen molar-refractivity contribution in [3.05, 3.63) is 86.3 Å². The Bertz CT molecular complexity index is 1150. The van der Waals surface area contributed by atoms with Crippen molar-refractivity contribution in [3.63, 3.8) is 0 Å². The number of amides is 1. The first-order chi connectivity index (χ1) is 14.9. The van der Waals surface area contributed by atoms with Gasteiger partial charge in [0.1, 0.15) is 10.6 Å². The number of anilines is 1. The number of carbonyl (C=O) groups excluding carboxylic acids is 2. The van der Waals surface area contributed by atoms with Crippen LogP contribution >= 0.6 is 22.9 Å². The molecule has 1 N–H and O–H groups in total. The van der Waals surface area contributed by atoms with Crippen molar-refractivity contribution in [1.29, 1.82) is 0 Å². The molecule has 0 saturated heterocycles. The molecule has 0 saturated carbocycles. The molecule has 0 bridgehead atoms. The van der Waals surface area contributed by atoms with Crippen molar-refractivity contribution >= 4 is 51.6 Å². The normalized spacial score (nSPS) is 10.8. The summed E-state index contributed by atoms with van der Waals surface area (Å²) in [5.41, 5.74) is 1.78. The zero-order chi connectivity index (χ0) is 22.4. The fourth-order valence-electron chi connectivity index (χ4n) is 2.81. The molecule has 0 unspecified atom stereocenters. The van der Waals surface area contributed by atoms with Gasteiger partial charge in [0.2, 0.25) is 5.91 Å². The highest BCUT2D eigenvalue weighted by atomic mass is 35.5. The summed E-state index contributed by atoms with van der Waals surface area (Å²) in [6, 6.07) is 13.0. The van der Waals surface area contributed by atoms with Gasteiger partial charge < -0.3 is 10.1 Å². The molecule has 0 fully saturated rings. The number of hydrogen-bond acceptors (Lipinski definition) is 6. The summed E-state index contributed by atoms with van der Waals surface area (Å²) in [6.07, 6.45) is 2.53. The summed E-state index contributed by atoms with van der Waals surface area (Å²) in [4.78, 5) is 35.6. The number of esters is 1. The predicted molar refractivity (Wildman–Crippen MR) is 121 cm³/mol. The number of rotatable bonds is 7. The highest BCUT2D eigenvalue weighted by Gasteiger charge is 2.22. The largest absolute Gasteiger partial charge is 0.462 e. The molecule has 2 aromatic carbocycles. The van der Waals surface area contributed by atoms with Crippen molar-refractivity contribution in [2.45, 2.75) is 6.92 Å². The van der Waals surface area contributed by atoms with Crippen LogP contribution in [-0.2, 0) is 9.53 Å². The lowest BCUT2D eigenvalue weighted by atomic mass is 10.0. The predicted octanol–water partition coefficient (Wildman–Crippen LogP) is 5.81. The highest BCUT2D eigenvalue weighted by Crippen LogP contribution is 2.36. The van der Waals surface area contributed by atoms with E-state index in [0.29, 0.717) is 21.2 Å². The molecule has 0 radical (unpaired) electrons. The van der Waals surface area contributed by atoms with E-state index in [2.05, 4.69) is 5.32 Å². The molecular formula is C22H17ClN2O5S. The van der Waals surface area contributed by atoms with Crippen molar-refractivity contribution in [2.24, 2.45) is 0 Å². The minimum Gasteiger partial charge on any atom is -0.462 e. The molecule has 1 aromatic heterocycles. The van der Waals surface area contributed by atoms with Gasteiger partial charge in [0.25, 0.3) is 5.69 Å². The van der Waals surface area contributed by atoms with Crippen molar-refractivity contribution in [3.8, 4) is 11.1 Å². The standard InChI is InChI=1S/C22H17ClN2O5S/c1-2-30-22(27)20-17(14-7-10-16(23)11-8-14)13-31-21(20)24-19(26)12-9-15-5-3-4-6-18(15)25(28)29/h3-13H,2H2,1H3,(H,24,26). The Balaban J connectivity index is 1.89. The maximum atomic E-state index is 12.6. The van der Waals surface area contributed by atoms with Crippen molar-refractivity contribution in [1.82, 2.24) is 0 Å². The molecule has 0 aliphatic rings. The molecule has 0 aliphatic heterocycles. The van der Waals surface area contributed by atoms with Crippen LogP contribution in [0.25, 0.3) is 17.2 Å². The van der Waals surface area contributed by atoms with Crippen LogP contribution in [0.1, 0.15) is 22.8 Å². The molecule has 1 amide bonds. The number of thiophene rings is 1. The zero-order valence-corrected chi connectivity index (χ0v) is 17.9. The Morgan fingerprint density at radius 3 is 2.58 bits per heavy atom. The molecule has 0 aliphatic carbocycles. The van der Waals surface area contributed by atoms with Crippen LogP contribution in [0.15, 0.2) is 60.0 Å². The number of ether oxygens (including phenoxy) is 1. The van der Waals surface area contributed by atoms with Crippen LogP contribution < -0.4 is 5.32 Å². The summed E-state index contributed by atoms with van der Waals surface area (Å²) in [6.45, 7) is 1.87. The first kappa shape index (κ1) is 22.2. The smallest absolute Gasteiger partial charge is 0.341 e. The van der Waals surface area contributed by atoms with Crippen LogP contribution in [0.2, 0.25) is 5.02 Å². The number of para-hydroxylation sites is 1. The van der Waals surface area contributed by atoms with E-state index in [0.717, 1.165) is 5.56 Å². The van der Waals surface area contributed by atoms with E-state index in [1.807, 2.05) is 0 Å². The van der Waals surface area contributed by atoms with Crippen molar-refractivity contribution < 1.29 is 19.2 Å². The molecular weight excluding hydrogens is 440 g/mol. The lowest BCUT2D eigenvalue weighted by molar-refractivity contribution is -0.385. The quantitative estimate of drug-likeness (QED) is 0.209. The number of nitrogens with one attached hydrogen (secondary N) is 1. The second-order valence-corrected chi connectivity index (χ2v) is 7.54. The van der Waals surface area contributed by atoms with E-state index >= 15 is 0 Å². The summed E-state index contributed by atoms with van der Waals surface area (Å²) < 4.78 is 5.16. The van der Waals surface area contributed by atoms with E-state index in [9.17, 15) is 19.7 Å². The minimum atomic E-state index is -0.563. The Labute approximate surface area is 187 Å². The van der Waals surface area contributed by atoms with Crippen LogP contribution in [-0.4, -0.2) is 23.4 Å². The molecule has 3 rings (SSSR count). The molecule has 31 heavy (non-hydrogen) atoms. The first-order valence-corrected chi connectivity index (χ1v) is 10.4. The van der Waals surface area contributed by atoms with E-state index in [1.165, 1.54) is 35.6 Å². The maximum absolute atomic E-state index is 12.6. The van der Waals surface area contributed by atoms with Gasteiger partial charge >= 0.3 is 5.97 Å². The number of nitrogens with zero attached hydrogens (tertiary/aromatic N) is 1. The lowest BCUT2D eigenvalue weighted by Crippen LogP contribution is -2.12. The van der Waals surface area contributed by atoms with E-state index < -0.39 is 16.8 Å². The van der Waals surface area contributed by atoms with Gasteiger partial charge in [0.05, 0.1) is 17.1 Å². The summed E-state index contributed by atoms with van der Waals surface area (Å²) in [5, 5.41) is 16.4. The van der Waals surface area contributed by atoms with Gasteiger partial charge in [0.15, 0.2) is 0 Å². The number of carbonyl (C=O) groups is 2. The third-order valence-electron chi connectivity index (χ3n) is 4.21. The third kappa shape index (κ3) is 5.36. The third-order valence-corrected chi connectivity index (χ3v) is 5.36. The van der Waals surface area contributed by atoms with Crippen molar-refractivity contribution in [2.75, 3.05) is 11.9 Å². The second-order valence-electron chi connectivity index (χ2n) is 6.22. The topological polar surface area (TPSA) is 98.5 Å². The van der Waals surface area contributed by atoms with Gasteiger partial charge in [-0.3, -0.25) is 14.9 Å². The van der Waals surface area contributed by atoms with E-state index in [1.54, 1.807) is 48.7 Å². The number of nitro benzene ring substituents is 1. The van der Waals surface area contributed by atoms with Gasteiger partial charge in [-0.25, -0.2) is 4.79 Å². The Morgan fingerprint density at radius 2 is 1.90 bits per heavy atom.